The molecule has 168 valence electrons. The molecule has 2 aromatic rings. The van der Waals surface area contributed by atoms with Crippen molar-refractivity contribution in [3.05, 3.63) is 46.7 Å². The van der Waals surface area contributed by atoms with Crippen molar-refractivity contribution < 1.29 is 31.8 Å². The summed E-state index contributed by atoms with van der Waals surface area (Å²) in [6.45, 7) is 0.506. The van der Waals surface area contributed by atoms with E-state index in [4.69, 9.17) is 25.8 Å². The van der Waals surface area contributed by atoms with Crippen LogP contribution in [0.15, 0.2) is 35.2 Å². The van der Waals surface area contributed by atoms with E-state index in [2.05, 4.69) is 0 Å². The first kappa shape index (κ1) is 23.1. The van der Waals surface area contributed by atoms with Crippen LogP contribution >= 0.6 is 11.6 Å². The molecular weight excluding hydrogens is 451 g/mol. The highest BCUT2D eigenvalue weighted by molar-refractivity contribution is 7.89. The van der Waals surface area contributed by atoms with Crippen molar-refractivity contribution in [2.24, 2.45) is 0 Å². The van der Waals surface area contributed by atoms with E-state index >= 15 is 0 Å². The second kappa shape index (κ2) is 9.29. The van der Waals surface area contributed by atoms with Gasteiger partial charge >= 0.3 is 0 Å². The number of sulfonamides is 1. The van der Waals surface area contributed by atoms with Gasteiger partial charge in [-0.05, 0) is 30.3 Å². The summed E-state index contributed by atoms with van der Waals surface area (Å²) >= 11 is 5.72. The van der Waals surface area contributed by atoms with E-state index in [-0.39, 0.29) is 53.3 Å². The van der Waals surface area contributed by atoms with Gasteiger partial charge in [-0.15, -0.1) is 0 Å². The van der Waals surface area contributed by atoms with E-state index in [0.29, 0.717) is 11.5 Å². The Morgan fingerprint density at radius 3 is 2.16 bits per heavy atom. The van der Waals surface area contributed by atoms with Crippen LogP contribution in [0.25, 0.3) is 0 Å². The quantitative estimate of drug-likeness (QED) is 0.642. The van der Waals surface area contributed by atoms with Crippen LogP contribution in [0.2, 0.25) is 5.02 Å². The number of nitrogens with zero attached hydrogens (tertiary/aromatic N) is 2. The minimum atomic E-state index is -3.86. The van der Waals surface area contributed by atoms with E-state index in [1.165, 1.54) is 36.6 Å². The Labute approximate surface area is 185 Å². The Balaban J connectivity index is 1.78. The Kier molecular flexibility index (Phi) is 6.93. The third kappa shape index (κ3) is 4.41. The summed E-state index contributed by atoms with van der Waals surface area (Å²) in [5.74, 6) is -0.0579. The lowest BCUT2D eigenvalue weighted by Gasteiger charge is -2.34. The van der Waals surface area contributed by atoms with E-state index in [9.17, 15) is 17.6 Å². The standard InChI is InChI=1S/C20H22ClFN2O6S/c1-28-17-7-5-14(18(29-2)19(17)30-3)20(25)23-8-10-24(11-9-23)31(26,27)13-4-6-16(22)15(21)12-13/h4-7,12H,8-11H2,1-3H3. The first-order valence-electron chi connectivity index (χ1n) is 9.28. The molecule has 1 fully saturated rings. The second-order valence-electron chi connectivity index (χ2n) is 6.65. The summed E-state index contributed by atoms with van der Waals surface area (Å²) in [4.78, 5) is 14.5. The highest BCUT2D eigenvalue weighted by Gasteiger charge is 2.32. The molecule has 31 heavy (non-hydrogen) atoms. The molecule has 1 aliphatic rings. The third-order valence-corrected chi connectivity index (χ3v) is 7.17. The van der Waals surface area contributed by atoms with Crippen LogP contribution in [-0.4, -0.2) is 71.0 Å². The van der Waals surface area contributed by atoms with Gasteiger partial charge in [0.15, 0.2) is 11.5 Å². The second-order valence-corrected chi connectivity index (χ2v) is 9.00. The molecule has 0 N–H and O–H groups in total. The molecule has 0 unspecified atom stereocenters. The number of hydrogen-bond donors (Lipinski definition) is 0. The minimum absolute atomic E-state index is 0.0820. The summed E-state index contributed by atoms with van der Waals surface area (Å²) < 4.78 is 56.2. The molecule has 0 aromatic heterocycles. The number of amides is 1. The molecule has 2 aromatic carbocycles. The predicted molar refractivity (Wildman–Crippen MR) is 112 cm³/mol. The van der Waals surface area contributed by atoms with Gasteiger partial charge in [-0.1, -0.05) is 11.6 Å². The number of carbonyl (C=O) groups excluding carboxylic acids is 1. The molecule has 11 heteroatoms. The van der Waals surface area contributed by atoms with Gasteiger partial charge in [0.25, 0.3) is 5.91 Å². The van der Waals surface area contributed by atoms with E-state index in [1.54, 1.807) is 12.1 Å². The van der Waals surface area contributed by atoms with Gasteiger partial charge in [0, 0.05) is 26.2 Å². The fourth-order valence-electron chi connectivity index (χ4n) is 3.36. The minimum Gasteiger partial charge on any atom is -0.493 e. The van der Waals surface area contributed by atoms with Crippen molar-refractivity contribution >= 4 is 27.5 Å². The van der Waals surface area contributed by atoms with Crippen LogP contribution in [0.5, 0.6) is 17.2 Å². The van der Waals surface area contributed by atoms with Crippen LogP contribution in [0, 0.1) is 5.82 Å². The molecule has 1 amide bonds. The zero-order valence-electron chi connectivity index (χ0n) is 17.2. The highest BCUT2D eigenvalue weighted by atomic mass is 35.5. The Hall–Kier alpha value is -2.56. The van der Waals surface area contributed by atoms with E-state index < -0.39 is 15.8 Å². The zero-order valence-corrected chi connectivity index (χ0v) is 18.8. The number of methoxy groups -OCH3 is 3. The van der Waals surface area contributed by atoms with Gasteiger partial charge in [-0.3, -0.25) is 4.79 Å². The largest absolute Gasteiger partial charge is 0.493 e. The fraction of sp³-hybridized carbons (Fsp3) is 0.350. The normalized spacial score (nSPS) is 14.9. The molecule has 3 rings (SSSR count). The lowest BCUT2D eigenvalue weighted by atomic mass is 10.1. The SMILES string of the molecule is COc1ccc(C(=O)N2CCN(S(=O)(=O)c3ccc(F)c(Cl)c3)CC2)c(OC)c1OC. The Morgan fingerprint density at radius 1 is 0.968 bits per heavy atom. The topological polar surface area (TPSA) is 85.4 Å². The molecular formula is C20H22ClFN2O6S. The smallest absolute Gasteiger partial charge is 0.257 e. The number of hydrogen-bond acceptors (Lipinski definition) is 6. The van der Waals surface area contributed by atoms with Gasteiger partial charge in [-0.2, -0.15) is 4.31 Å². The summed E-state index contributed by atoms with van der Waals surface area (Å²) in [6, 6.07) is 6.44. The Morgan fingerprint density at radius 2 is 1.61 bits per heavy atom. The highest BCUT2D eigenvalue weighted by Crippen LogP contribution is 2.40. The zero-order chi connectivity index (χ0) is 22.8. The van der Waals surface area contributed by atoms with E-state index in [1.807, 2.05) is 0 Å². The van der Waals surface area contributed by atoms with Crippen molar-refractivity contribution in [2.75, 3.05) is 47.5 Å². The molecule has 0 atom stereocenters. The number of piperazine rings is 1. The molecule has 0 saturated carbocycles. The molecule has 1 saturated heterocycles. The molecule has 1 heterocycles. The number of ether oxygens (including phenoxy) is 3. The Bertz CT molecular complexity index is 1090. The first-order chi connectivity index (χ1) is 14.7. The molecule has 0 aliphatic carbocycles. The monoisotopic (exact) mass is 472 g/mol. The molecule has 8 nitrogen and oxygen atoms in total. The number of carbonyl (C=O) groups is 1. The van der Waals surface area contributed by atoms with Gasteiger partial charge in [-0.25, -0.2) is 12.8 Å². The van der Waals surface area contributed by atoms with Crippen LogP contribution in [0.4, 0.5) is 4.39 Å². The summed E-state index contributed by atoms with van der Waals surface area (Å²) in [7, 11) is 0.482. The maximum Gasteiger partial charge on any atom is 0.257 e. The number of benzene rings is 2. The van der Waals surface area contributed by atoms with Crippen LogP contribution in [0.1, 0.15) is 10.4 Å². The lowest BCUT2D eigenvalue weighted by molar-refractivity contribution is 0.0693. The average Bonchev–Trinajstić information content (AvgIpc) is 2.79. The van der Waals surface area contributed by atoms with Crippen LogP contribution < -0.4 is 14.2 Å². The van der Waals surface area contributed by atoms with Crippen molar-refractivity contribution in [3.8, 4) is 17.2 Å². The van der Waals surface area contributed by atoms with Gasteiger partial charge in [0.05, 0.1) is 36.8 Å². The average molecular weight is 473 g/mol. The van der Waals surface area contributed by atoms with Crippen molar-refractivity contribution in [3.63, 3.8) is 0 Å². The lowest BCUT2D eigenvalue weighted by Crippen LogP contribution is -2.50. The first-order valence-corrected chi connectivity index (χ1v) is 11.1. The van der Waals surface area contributed by atoms with Crippen molar-refractivity contribution in [1.29, 1.82) is 0 Å². The third-order valence-electron chi connectivity index (χ3n) is 4.99. The van der Waals surface area contributed by atoms with Gasteiger partial charge < -0.3 is 19.1 Å². The van der Waals surface area contributed by atoms with Crippen LogP contribution in [0.3, 0.4) is 0 Å². The number of halogens is 2. The molecule has 1 aliphatic heterocycles. The van der Waals surface area contributed by atoms with Crippen molar-refractivity contribution in [1.82, 2.24) is 9.21 Å². The number of rotatable bonds is 6. The summed E-state index contributed by atoms with van der Waals surface area (Å²) in [6.07, 6.45) is 0. The molecule has 0 spiro atoms. The predicted octanol–water partition coefficient (Wildman–Crippen LogP) is 2.65. The maximum absolute atomic E-state index is 13.4. The van der Waals surface area contributed by atoms with Crippen LogP contribution in [-0.2, 0) is 10.0 Å². The summed E-state index contributed by atoms with van der Waals surface area (Å²) in [5.41, 5.74) is 0.279. The fourth-order valence-corrected chi connectivity index (χ4v) is 5.05. The van der Waals surface area contributed by atoms with Gasteiger partial charge in [0.1, 0.15) is 5.82 Å². The summed E-state index contributed by atoms with van der Waals surface area (Å²) in [5, 5.41) is -0.268. The van der Waals surface area contributed by atoms with Gasteiger partial charge in [0.2, 0.25) is 15.8 Å². The molecule has 0 radical (unpaired) electrons. The molecule has 0 bridgehead atoms. The van der Waals surface area contributed by atoms with E-state index in [0.717, 1.165) is 12.1 Å². The maximum atomic E-state index is 13.4. The van der Waals surface area contributed by atoms with Crippen molar-refractivity contribution in [2.45, 2.75) is 4.90 Å².